The summed E-state index contributed by atoms with van der Waals surface area (Å²) in [5.41, 5.74) is 2.08. The zero-order valence-corrected chi connectivity index (χ0v) is 20.3. The van der Waals surface area contributed by atoms with E-state index in [9.17, 15) is 28.2 Å². The van der Waals surface area contributed by atoms with Gasteiger partial charge in [-0.3, -0.25) is 9.78 Å². The van der Waals surface area contributed by atoms with E-state index in [1.807, 2.05) is 44.2 Å². The van der Waals surface area contributed by atoms with Gasteiger partial charge in [-0.1, -0.05) is 62.4 Å². The SMILES string of the molecule is CC(C)C(=O)c1ccc(Cc2cccc([C@H]3OC[C@H](O)[C@H](O)[C@H]3Nc3cncc(C(F)(F)F)n3)c2)cc1. The highest BCUT2D eigenvalue weighted by molar-refractivity contribution is 5.97. The first-order chi connectivity index (χ1) is 17.5. The Hall–Kier alpha value is -3.34. The molecule has 0 amide bonds. The van der Waals surface area contributed by atoms with E-state index in [1.165, 1.54) is 0 Å². The molecule has 0 spiro atoms. The molecule has 4 rings (SSSR count). The van der Waals surface area contributed by atoms with Gasteiger partial charge in [0.05, 0.1) is 25.0 Å². The summed E-state index contributed by atoms with van der Waals surface area (Å²) in [6.45, 7) is 3.56. The summed E-state index contributed by atoms with van der Waals surface area (Å²) in [4.78, 5) is 19.3. The van der Waals surface area contributed by atoms with E-state index in [4.69, 9.17) is 4.74 Å². The fraction of sp³-hybridized carbons (Fsp3) is 0.370. The summed E-state index contributed by atoms with van der Waals surface area (Å²) < 4.78 is 45.1. The van der Waals surface area contributed by atoms with Crippen molar-refractivity contribution in [3.05, 3.63) is 88.9 Å². The van der Waals surface area contributed by atoms with Crippen LogP contribution in [0.2, 0.25) is 0 Å². The number of alkyl halides is 3. The van der Waals surface area contributed by atoms with Crippen LogP contribution in [-0.4, -0.2) is 50.8 Å². The van der Waals surface area contributed by atoms with E-state index in [0.717, 1.165) is 17.3 Å². The number of rotatable bonds is 7. The number of benzene rings is 2. The molecule has 1 aromatic heterocycles. The molecule has 4 atom stereocenters. The summed E-state index contributed by atoms with van der Waals surface area (Å²) in [5.74, 6) is -0.211. The number of hydrogen-bond acceptors (Lipinski definition) is 7. The lowest BCUT2D eigenvalue weighted by Gasteiger charge is -2.39. The average Bonchev–Trinajstić information content (AvgIpc) is 2.87. The molecular formula is C27H28F3N3O4. The molecule has 0 aliphatic carbocycles. The maximum absolute atomic E-state index is 13.1. The molecule has 37 heavy (non-hydrogen) atoms. The van der Waals surface area contributed by atoms with Crippen LogP contribution in [-0.2, 0) is 17.3 Å². The summed E-state index contributed by atoms with van der Waals surface area (Å²) in [7, 11) is 0. The Morgan fingerprint density at radius 3 is 2.51 bits per heavy atom. The zero-order chi connectivity index (χ0) is 26.7. The number of Topliss-reactive ketones (excluding diaryl/α,β-unsaturated/α-hetero) is 1. The number of aliphatic hydroxyl groups excluding tert-OH is 2. The first-order valence-electron chi connectivity index (χ1n) is 11.9. The van der Waals surface area contributed by atoms with Crippen LogP contribution in [0.3, 0.4) is 0 Å². The zero-order valence-electron chi connectivity index (χ0n) is 20.3. The Morgan fingerprint density at radius 1 is 1.11 bits per heavy atom. The summed E-state index contributed by atoms with van der Waals surface area (Å²) in [6.07, 6.45) is -5.73. The van der Waals surface area contributed by atoms with Crippen LogP contribution in [0.1, 0.15) is 52.7 Å². The van der Waals surface area contributed by atoms with Crippen LogP contribution >= 0.6 is 0 Å². The molecular weight excluding hydrogens is 487 g/mol. The van der Waals surface area contributed by atoms with Crippen LogP contribution < -0.4 is 5.32 Å². The van der Waals surface area contributed by atoms with Gasteiger partial charge in [0.15, 0.2) is 11.5 Å². The molecule has 10 heteroatoms. The third-order valence-corrected chi connectivity index (χ3v) is 6.23. The summed E-state index contributed by atoms with van der Waals surface area (Å²) in [6, 6.07) is 13.8. The van der Waals surface area contributed by atoms with E-state index in [1.54, 1.807) is 18.2 Å². The van der Waals surface area contributed by atoms with E-state index in [2.05, 4.69) is 15.3 Å². The highest BCUT2D eigenvalue weighted by Crippen LogP contribution is 2.33. The van der Waals surface area contributed by atoms with Crippen molar-refractivity contribution in [1.82, 2.24) is 9.97 Å². The maximum Gasteiger partial charge on any atom is 0.434 e. The van der Waals surface area contributed by atoms with Gasteiger partial charge < -0.3 is 20.3 Å². The number of ketones is 1. The van der Waals surface area contributed by atoms with Gasteiger partial charge in [-0.05, 0) is 23.1 Å². The Balaban J connectivity index is 1.56. The lowest BCUT2D eigenvalue weighted by Crippen LogP contribution is -2.52. The molecule has 196 valence electrons. The minimum Gasteiger partial charge on any atom is -0.388 e. The van der Waals surface area contributed by atoms with Crippen molar-refractivity contribution in [3.63, 3.8) is 0 Å². The van der Waals surface area contributed by atoms with Gasteiger partial charge in [-0.25, -0.2) is 4.98 Å². The third kappa shape index (κ3) is 6.33. The Labute approximate surface area is 212 Å². The molecule has 0 radical (unpaired) electrons. The molecule has 1 aliphatic rings. The van der Waals surface area contributed by atoms with E-state index in [-0.39, 0.29) is 24.1 Å². The lowest BCUT2D eigenvalue weighted by molar-refractivity contribution is -0.141. The second-order valence-corrected chi connectivity index (χ2v) is 9.41. The second-order valence-electron chi connectivity index (χ2n) is 9.41. The highest BCUT2D eigenvalue weighted by atomic mass is 19.4. The summed E-state index contributed by atoms with van der Waals surface area (Å²) in [5, 5.41) is 23.6. The third-order valence-electron chi connectivity index (χ3n) is 6.23. The number of aromatic nitrogens is 2. The number of halogens is 3. The van der Waals surface area contributed by atoms with Crippen LogP contribution in [0.4, 0.5) is 19.0 Å². The van der Waals surface area contributed by atoms with E-state index < -0.39 is 36.2 Å². The number of anilines is 1. The molecule has 2 aromatic carbocycles. The van der Waals surface area contributed by atoms with Crippen LogP contribution in [0, 0.1) is 5.92 Å². The Morgan fingerprint density at radius 2 is 1.84 bits per heavy atom. The monoisotopic (exact) mass is 515 g/mol. The molecule has 0 saturated carbocycles. The number of aliphatic hydroxyl groups is 2. The highest BCUT2D eigenvalue weighted by Gasteiger charge is 2.40. The smallest absolute Gasteiger partial charge is 0.388 e. The Kier molecular flexibility index (Phi) is 7.91. The van der Waals surface area contributed by atoms with Crippen molar-refractivity contribution in [3.8, 4) is 0 Å². The predicted octanol–water partition coefficient (Wildman–Crippen LogP) is 4.20. The first kappa shape index (κ1) is 26.7. The normalized spacial score (nSPS) is 22.2. The molecule has 0 unspecified atom stereocenters. The minimum atomic E-state index is -4.68. The van der Waals surface area contributed by atoms with E-state index >= 15 is 0 Å². The lowest BCUT2D eigenvalue weighted by atomic mass is 9.90. The number of nitrogens with one attached hydrogen (secondary N) is 1. The average molecular weight is 516 g/mol. The van der Waals surface area contributed by atoms with Crippen molar-refractivity contribution in [2.75, 3.05) is 11.9 Å². The van der Waals surface area contributed by atoms with Crippen molar-refractivity contribution < 1.29 is 32.9 Å². The fourth-order valence-electron chi connectivity index (χ4n) is 4.27. The maximum atomic E-state index is 13.1. The van der Waals surface area contributed by atoms with Crippen molar-refractivity contribution in [2.45, 2.75) is 50.8 Å². The van der Waals surface area contributed by atoms with Crippen LogP contribution in [0.25, 0.3) is 0 Å². The predicted molar refractivity (Wildman–Crippen MR) is 130 cm³/mol. The number of hydrogen-bond donors (Lipinski definition) is 3. The standard InChI is InChI=1S/C27H28F3N3O4/c1-15(2)24(35)18-8-6-16(7-9-18)10-17-4-3-5-19(11-17)26-23(25(36)20(34)14-37-26)33-22-13-31-12-21(32-22)27(28,29)30/h3-9,11-13,15,20,23,25-26,34,36H,10,14H2,1-2H3,(H,32,33)/t20-,23+,25-,26+/m0/s1. The Bertz CT molecular complexity index is 1230. The topological polar surface area (TPSA) is 105 Å². The van der Waals surface area contributed by atoms with Crippen molar-refractivity contribution in [1.29, 1.82) is 0 Å². The molecule has 1 saturated heterocycles. The van der Waals surface area contributed by atoms with Gasteiger partial charge in [0.2, 0.25) is 0 Å². The van der Waals surface area contributed by atoms with Gasteiger partial charge in [0.1, 0.15) is 24.1 Å². The molecule has 3 aromatic rings. The summed E-state index contributed by atoms with van der Waals surface area (Å²) >= 11 is 0. The van der Waals surface area contributed by atoms with Gasteiger partial charge >= 0.3 is 6.18 Å². The van der Waals surface area contributed by atoms with Crippen molar-refractivity contribution in [2.24, 2.45) is 5.92 Å². The molecule has 2 heterocycles. The molecule has 1 fully saturated rings. The van der Waals surface area contributed by atoms with Gasteiger partial charge in [0.25, 0.3) is 0 Å². The number of carbonyl (C=O) groups is 1. The van der Waals surface area contributed by atoms with Crippen LogP contribution in [0.5, 0.6) is 0 Å². The quantitative estimate of drug-likeness (QED) is 0.405. The molecule has 0 bridgehead atoms. The van der Waals surface area contributed by atoms with Gasteiger partial charge in [-0.15, -0.1) is 0 Å². The number of nitrogens with zero attached hydrogens (tertiary/aromatic N) is 2. The van der Waals surface area contributed by atoms with Crippen LogP contribution in [0.15, 0.2) is 60.9 Å². The van der Waals surface area contributed by atoms with E-state index in [0.29, 0.717) is 23.7 Å². The molecule has 1 aliphatic heterocycles. The molecule has 3 N–H and O–H groups in total. The minimum absolute atomic E-state index is 0.0766. The number of ether oxygens (including phenoxy) is 1. The second kappa shape index (κ2) is 11.0. The van der Waals surface area contributed by atoms with Gasteiger partial charge in [0, 0.05) is 11.5 Å². The van der Waals surface area contributed by atoms with Gasteiger partial charge in [-0.2, -0.15) is 13.2 Å². The largest absolute Gasteiger partial charge is 0.434 e. The first-order valence-corrected chi connectivity index (χ1v) is 11.9. The molecule has 7 nitrogen and oxygen atoms in total. The number of carbonyl (C=O) groups excluding carboxylic acids is 1. The van der Waals surface area contributed by atoms with Crippen molar-refractivity contribution >= 4 is 11.6 Å². The fourth-order valence-corrected chi connectivity index (χ4v) is 4.27.